The summed E-state index contributed by atoms with van der Waals surface area (Å²) in [7, 11) is 0. The van der Waals surface area contributed by atoms with Crippen molar-refractivity contribution in [2.45, 2.75) is 20.1 Å². The molecule has 0 unspecified atom stereocenters. The minimum Gasteiger partial charge on any atom is -0.489 e. The topological polar surface area (TPSA) is 50.4 Å². The SMILES string of the molecule is CC(=O)Nc1ccc(NCc2cccc(OCc3ccc(F)cc3)c2)cc1. The molecule has 0 aliphatic carbocycles. The van der Waals surface area contributed by atoms with Gasteiger partial charge in [0.2, 0.25) is 5.91 Å². The highest BCUT2D eigenvalue weighted by molar-refractivity contribution is 5.88. The molecule has 0 bridgehead atoms. The van der Waals surface area contributed by atoms with Crippen molar-refractivity contribution in [3.63, 3.8) is 0 Å². The van der Waals surface area contributed by atoms with E-state index in [4.69, 9.17) is 4.74 Å². The molecule has 1 amide bonds. The number of carbonyl (C=O) groups excluding carboxylic acids is 1. The van der Waals surface area contributed by atoms with Gasteiger partial charge in [0.25, 0.3) is 0 Å². The molecule has 3 aromatic carbocycles. The molecule has 5 heteroatoms. The summed E-state index contributed by atoms with van der Waals surface area (Å²) in [5.41, 5.74) is 3.72. The van der Waals surface area contributed by atoms with Crippen molar-refractivity contribution < 1.29 is 13.9 Å². The third-order valence-electron chi connectivity index (χ3n) is 3.92. The summed E-state index contributed by atoms with van der Waals surface area (Å²) in [6.07, 6.45) is 0. The van der Waals surface area contributed by atoms with E-state index >= 15 is 0 Å². The molecular weight excluding hydrogens is 343 g/mol. The zero-order valence-electron chi connectivity index (χ0n) is 15.0. The van der Waals surface area contributed by atoms with Crippen molar-refractivity contribution in [1.29, 1.82) is 0 Å². The zero-order valence-corrected chi connectivity index (χ0v) is 15.0. The molecule has 0 aromatic heterocycles. The van der Waals surface area contributed by atoms with E-state index in [2.05, 4.69) is 10.6 Å². The van der Waals surface area contributed by atoms with Crippen molar-refractivity contribution >= 4 is 17.3 Å². The van der Waals surface area contributed by atoms with Crippen LogP contribution in [0.2, 0.25) is 0 Å². The van der Waals surface area contributed by atoms with Crippen LogP contribution in [0.15, 0.2) is 72.8 Å². The Hall–Kier alpha value is -3.34. The minimum absolute atomic E-state index is 0.0897. The molecule has 0 aliphatic rings. The lowest BCUT2D eigenvalue weighted by atomic mass is 10.2. The highest BCUT2D eigenvalue weighted by Crippen LogP contribution is 2.18. The summed E-state index contributed by atoms with van der Waals surface area (Å²) in [4.78, 5) is 11.0. The maximum atomic E-state index is 12.9. The van der Waals surface area contributed by atoms with Gasteiger partial charge < -0.3 is 15.4 Å². The average molecular weight is 364 g/mol. The summed E-state index contributed by atoms with van der Waals surface area (Å²) < 4.78 is 18.7. The smallest absolute Gasteiger partial charge is 0.221 e. The normalized spacial score (nSPS) is 10.3. The average Bonchev–Trinajstić information content (AvgIpc) is 2.67. The summed E-state index contributed by atoms with van der Waals surface area (Å²) in [6, 6.07) is 21.7. The van der Waals surface area contributed by atoms with Crippen LogP contribution in [-0.2, 0) is 17.9 Å². The van der Waals surface area contributed by atoms with E-state index in [1.807, 2.05) is 48.5 Å². The summed E-state index contributed by atoms with van der Waals surface area (Å²) in [5, 5.41) is 6.08. The quantitative estimate of drug-likeness (QED) is 0.622. The van der Waals surface area contributed by atoms with Gasteiger partial charge in [0.15, 0.2) is 0 Å². The first-order chi connectivity index (χ1) is 13.1. The van der Waals surface area contributed by atoms with E-state index in [1.54, 1.807) is 12.1 Å². The second kappa shape index (κ2) is 8.85. The monoisotopic (exact) mass is 364 g/mol. The Kier molecular flexibility index (Phi) is 6.05. The maximum Gasteiger partial charge on any atom is 0.221 e. The molecule has 138 valence electrons. The van der Waals surface area contributed by atoms with Crippen LogP contribution in [0.4, 0.5) is 15.8 Å². The lowest BCUT2D eigenvalue weighted by Gasteiger charge is -2.10. The number of rotatable bonds is 7. The third kappa shape index (κ3) is 5.85. The molecule has 4 nitrogen and oxygen atoms in total. The predicted molar refractivity (Wildman–Crippen MR) is 105 cm³/mol. The van der Waals surface area contributed by atoms with Crippen LogP contribution in [0.5, 0.6) is 5.75 Å². The lowest BCUT2D eigenvalue weighted by Crippen LogP contribution is -2.05. The second-order valence-electron chi connectivity index (χ2n) is 6.17. The standard InChI is InChI=1S/C22H21FN2O2/c1-16(26)25-21-11-9-20(10-12-21)24-14-18-3-2-4-22(13-18)27-15-17-5-7-19(23)8-6-17/h2-13,24H,14-15H2,1H3,(H,25,26). The molecule has 0 aliphatic heterocycles. The van der Waals surface area contributed by atoms with Crippen LogP contribution < -0.4 is 15.4 Å². The van der Waals surface area contributed by atoms with Crippen molar-refractivity contribution in [1.82, 2.24) is 0 Å². The van der Waals surface area contributed by atoms with E-state index in [0.29, 0.717) is 13.2 Å². The Balaban J connectivity index is 1.54. The second-order valence-corrected chi connectivity index (χ2v) is 6.17. The Morgan fingerprint density at radius 1 is 0.926 bits per heavy atom. The van der Waals surface area contributed by atoms with Gasteiger partial charge in [0.1, 0.15) is 18.2 Å². The van der Waals surface area contributed by atoms with Crippen molar-refractivity contribution in [2.75, 3.05) is 10.6 Å². The number of carbonyl (C=O) groups is 1. The molecule has 27 heavy (non-hydrogen) atoms. The van der Waals surface area contributed by atoms with Gasteiger partial charge >= 0.3 is 0 Å². The van der Waals surface area contributed by atoms with Crippen molar-refractivity contribution in [2.24, 2.45) is 0 Å². The first-order valence-electron chi connectivity index (χ1n) is 8.66. The number of hydrogen-bond donors (Lipinski definition) is 2. The van der Waals surface area contributed by atoms with Gasteiger partial charge in [-0.05, 0) is 59.7 Å². The first kappa shape index (κ1) is 18.5. The maximum absolute atomic E-state index is 12.9. The van der Waals surface area contributed by atoms with E-state index in [-0.39, 0.29) is 11.7 Å². The van der Waals surface area contributed by atoms with E-state index < -0.39 is 0 Å². The van der Waals surface area contributed by atoms with E-state index in [9.17, 15) is 9.18 Å². The Labute approximate surface area is 158 Å². The molecule has 2 N–H and O–H groups in total. The lowest BCUT2D eigenvalue weighted by molar-refractivity contribution is -0.114. The fraction of sp³-hybridized carbons (Fsp3) is 0.136. The molecule has 0 saturated heterocycles. The fourth-order valence-electron chi connectivity index (χ4n) is 2.57. The van der Waals surface area contributed by atoms with Crippen molar-refractivity contribution in [3.8, 4) is 5.75 Å². The Morgan fingerprint density at radius 2 is 1.63 bits per heavy atom. The first-order valence-corrected chi connectivity index (χ1v) is 8.66. The van der Waals surface area contributed by atoms with Gasteiger partial charge in [-0.2, -0.15) is 0 Å². The number of anilines is 2. The van der Waals surface area contributed by atoms with Gasteiger partial charge in [0.05, 0.1) is 0 Å². The largest absolute Gasteiger partial charge is 0.489 e. The molecule has 0 saturated carbocycles. The highest BCUT2D eigenvalue weighted by Gasteiger charge is 2.01. The summed E-state index contributed by atoms with van der Waals surface area (Å²) >= 11 is 0. The number of benzene rings is 3. The summed E-state index contributed by atoms with van der Waals surface area (Å²) in [6.45, 7) is 2.52. The molecule has 0 heterocycles. The van der Waals surface area contributed by atoms with Crippen LogP contribution in [0.1, 0.15) is 18.1 Å². The molecule has 0 radical (unpaired) electrons. The molecule has 3 rings (SSSR count). The number of halogens is 1. The molecule has 0 atom stereocenters. The molecule has 0 spiro atoms. The number of amides is 1. The number of nitrogens with one attached hydrogen (secondary N) is 2. The third-order valence-corrected chi connectivity index (χ3v) is 3.92. The van der Waals surface area contributed by atoms with Crippen molar-refractivity contribution in [3.05, 3.63) is 89.7 Å². The van der Waals surface area contributed by atoms with Crippen LogP contribution in [0.25, 0.3) is 0 Å². The van der Waals surface area contributed by atoms with Gasteiger partial charge in [0, 0.05) is 24.8 Å². The van der Waals surface area contributed by atoms with Crippen LogP contribution >= 0.6 is 0 Å². The number of ether oxygens (including phenoxy) is 1. The Bertz CT molecular complexity index is 893. The van der Waals surface area contributed by atoms with E-state index in [1.165, 1.54) is 19.1 Å². The van der Waals surface area contributed by atoms with Gasteiger partial charge in [-0.15, -0.1) is 0 Å². The fourth-order valence-corrected chi connectivity index (χ4v) is 2.57. The Morgan fingerprint density at radius 3 is 2.33 bits per heavy atom. The van der Waals surface area contributed by atoms with Gasteiger partial charge in [-0.25, -0.2) is 4.39 Å². The zero-order chi connectivity index (χ0) is 19.1. The highest BCUT2D eigenvalue weighted by atomic mass is 19.1. The van der Waals surface area contributed by atoms with Gasteiger partial charge in [-0.3, -0.25) is 4.79 Å². The molecular formula is C22H21FN2O2. The van der Waals surface area contributed by atoms with Crippen LogP contribution in [0.3, 0.4) is 0 Å². The number of hydrogen-bond acceptors (Lipinski definition) is 3. The summed E-state index contributed by atoms with van der Waals surface area (Å²) in [5.74, 6) is 0.421. The molecule has 0 fully saturated rings. The van der Waals surface area contributed by atoms with Crippen LogP contribution in [-0.4, -0.2) is 5.91 Å². The minimum atomic E-state index is -0.253. The van der Waals surface area contributed by atoms with Gasteiger partial charge in [-0.1, -0.05) is 24.3 Å². The predicted octanol–water partition coefficient (Wildman–Crippen LogP) is 4.98. The van der Waals surface area contributed by atoms with Crippen LogP contribution in [0, 0.1) is 5.82 Å². The van der Waals surface area contributed by atoms with E-state index in [0.717, 1.165) is 28.3 Å². The molecule has 3 aromatic rings.